The molecule has 0 bridgehead atoms. The van der Waals surface area contributed by atoms with Crippen LogP contribution in [0.3, 0.4) is 0 Å². The standard InChI is InChI=1S/C8H2BrF5N2/c9-4-2-16-6(7(10)11)3(1-15)5(4)8(12,13)14/h2,7H. The lowest BCUT2D eigenvalue weighted by atomic mass is 10.1. The van der Waals surface area contributed by atoms with Crippen LogP contribution in [-0.4, -0.2) is 4.98 Å². The van der Waals surface area contributed by atoms with Crippen molar-refractivity contribution in [3.8, 4) is 6.07 Å². The molecule has 0 unspecified atom stereocenters. The van der Waals surface area contributed by atoms with E-state index < -0.39 is 33.9 Å². The lowest BCUT2D eigenvalue weighted by Gasteiger charge is -2.12. The van der Waals surface area contributed by atoms with Gasteiger partial charge in [-0.1, -0.05) is 0 Å². The van der Waals surface area contributed by atoms with Crippen molar-refractivity contribution >= 4 is 15.9 Å². The maximum atomic E-state index is 12.5. The first-order chi connectivity index (χ1) is 7.29. The number of aromatic nitrogens is 1. The first-order valence-electron chi connectivity index (χ1n) is 3.73. The van der Waals surface area contributed by atoms with Crippen molar-refractivity contribution in [1.82, 2.24) is 4.98 Å². The topological polar surface area (TPSA) is 36.7 Å². The van der Waals surface area contributed by atoms with E-state index in [4.69, 9.17) is 5.26 Å². The van der Waals surface area contributed by atoms with Gasteiger partial charge in [-0.25, -0.2) is 8.78 Å². The van der Waals surface area contributed by atoms with E-state index in [0.29, 0.717) is 6.20 Å². The summed E-state index contributed by atoms with van der Waals surface area (Å²) in [5.74, 6) is 0. The lowest BCUT2D eigenvalue weighted by Crippen LogP contribution is -2.12. The Labute approximate surface area is 94.8 Å². The molecule has 0 radical (unpaired) electrons. The maximum absolute atomic E-state index is 12.5. The van der Waals surface area contributed by atoms with Crippen LogP contribution in [0.5, 0.6) is 0 Å². The minimum absolute atomic E-state index is 0.541. The zero-order valence-corrected chi connectivity index (χ0v) is 8.90. The molecule has 1 heterocycles. The van der Waals surface area contributed by atoms with Gasteiger partial charge in [-0.15, -0.1) is 0 Å². The number of pyridine rings is 1. The van der Waals surface area contributed by atoms with E-state index in [1.807, 2.05) is 0 Å². The number of nitrogens with zero attached hydrogens (tertiary/aromatic N) is 2. The van der Waals surface area contributed by atoms with E-state index in [1.165, 1.54) is 0 Å². The Morgan fingerprint density at radius 1 is 1.38 bits per heavy atom. The Kier molecular flexibility index (Phi) is 3.48. The van der Waals surface area contributed by atoms with Gasteiger partial charge in [0, 0.05) is 10.7 Å². The van der Waals surface area contributed by atoms with Gasteiger partial charge >= 0.3 is 6.18 Å². The highest BCUT2D eigenvalue weighted by Crippen LogP contribution is 2.39. The van der Waals surface area contributed by atoms with Crippen molar-refractivity contribution in [3.05, 3.63) is 27.5 Å². The van der Waals surface area contributed by atoms with Gasteiger partial charge in [0.1, 0.15) is 11.8 Å². The molecule has 0 aliphatic carbocycles. The molecule has 0 aliphatic heterocycles. The summed E-state index contributed by atoms with van der Waals surface area (Å²) in [6, 6.07) is 1.10. The van der Waals surface area contributed by atoms with Crippen molar-refractivity contribution in [2.75, 3.05) is 0 Å². The summed E-state index contributed by atoms with van der Waals surface area (Å²) < 4.78 is 61.6. The number of halogens is 6. The molecule has 0 saturated heterocycles. The lowest BCUT2D eigenvalue weighted by molar-refractivity contribution is -0.138. The molecule has 8 heteroatoms. The summed E-state index contributed by atoms with van der Waals surface area (Å²) in [6.45, 7) is 0. The molecule has 0 aliphatic rings. The van der Waals surface area contributed by atoms with Crippen LogP contribution in [0.1, 0.15) is 23.2 Å². The SMILES string of the molecule is N#Cc1c(C(F)F)ncc(Br)c1C(F)(F)F. The maximum Gasteiger partial charge on any atom is 0.418 e. The molecule has 1 aromatic rings. The minimum atomic E-state index is -4.89. The second-order valence-corrected chi connectivity index (χ2v) is 3.51. The Hall–Kier alpha value is -1.23. The quantitative estimate of drug-likeness (QED) is 0.742. The van der Waals surface area contributed by atoms with Crippen LogP contribution in [0.2, 0.25) is 0 Å². The van der Waals surface area contributed by atoms with Crippen LogP contribution < -0.4 is 0 Å². The highest BCUT2D eigenvalue weighted by atomic mass is 79.9. The Morgan fingerprint density at radius 3 is 2.31 bits per heavy atom. The normalized spacial score (nSPS) is 11.6. The van der Waals surface area contributed by atoms with Gasteiger partial charge in [-0.3, -0.25) is 4.98 Å². The van der Waals surface area contributed by atoms with Gasteiger partial charge in [0.2, 0.25) is 0 Å². The summed E-state index contributed by atoms with van der Waals surface area (Å²) in [4.78, 5) is 3.10. The van der Waals surface area contributed by atoms with Crippen LogP contribution in [-0.2, 0) is 6.18 Å². The monoisotopic (exact) mass is 300 g/mol. The second-order valence-electron chi connectivity index (χ2n) is 2.65. The molecule has 0 saturated carbocycles. The Morgan fingerprint density at radius 2 is 1.94 bits per heavy atom. The van der Waals surface area contributed by atoms with Gasteiger partial charge in [-0.2, -0.15) is 18.4 Å². The van der Waals surface area contributed by atoms with Crippen molar-refractivity contribution in [2.24, 2.45) is 0 Å². The van der Waals surface area contributed by atoms with Crippen molar-refractivity contribution < 1.29 is 22.0 Å². The summed E-state index contributed by atoms with van der Waals surface area (Å²) in [7, 11) is 0. The number of hydrogen-bond acceptors (Lipinski definition) is 2. The third-order valence-electron chi connectivity index (χ3n) is 1.66. The zero-order chi connectivity index (χ0) is 12.5. The number of nitriles is 1. The predicted molar refractivity (Wildman–Crippen MR) is 46.6 cm³/mol. The largest absolute Gasteiger partial charge is 0.418 e. The van der Waals surface area contributed by atoms with Gasteiger partial charge < -0.3 is 0 Å². The smallest absolute Gasteiger partial charge is 0.253 e. The molecule has 2 nitrogen and oxygen atoms in total. The number of rotatable bonds is 1. The molecule has 0 fully saturated rings. The van der Waals surface area contributed by atoms with Gasteiger partial charge in [0.25, 0.3) is 6.43 Å². The van der Waals surface area contributed by atoms with E-state index in [-0.39, 0.29) is 0 Å². The van der Waals surface area contributed by atoms with Crippen molar-refractivity contribution in [1.29, 1.82) is 5.26 Å². The number of hydrogen-bond donors (Lipinski definition) is 0. The van der Waals surface area contributed by atoms with Gasteiger partial charge in [0.15, 0.2) is 0 Å². The molecule has 86 valence electrons. The third-order valence-corrected chi connectivity index (χ3v) is 2.27. The van der Waals surface area contributed by atoms with Gasteiger partial charge in [-0.05, 0) is 15.9 Å². The van der Waals surface area contributed by atoms with E-state index >= 15 is 0 Å². The van der Waals surface area contributed by atoms with Crippen LogP contribution in [0, 0.1) is 11.3 Å². The summed E-state index contributed by atoms with van der Waals surface area (Å²) >= 11 is 2.53. The molecule has 0 aromatic carbocycles. The molecule has 0 atom stereocenters. The summed E-state index contributed by atoms with van der Waals surface area (Å²) in [5.41, 5.74) is -3.75. The van der Waals surface area contributed by atoms with Crippen molar-refractivity contribution in [2.45, 2.75) is 12.6 Å². The Bertz CT molecular complexity index is 449. The predicted octanol–water partition coefficient (Wildman–Crippen LogP) is 3.67. The molecule has 1 aromatic heterocycles. The second kappa shape index (κ2) is 4.33. The molecular weight excluding hydrogens is 299 g/mol. The van der Waals surface area contributed by atoms with E-state index in [1.54, 1.807) is 0 Å². The van der Waals surface area contributed by atoms with Crippen LogP contribution >= 0.6 is 15.9 Å². The van der Waals surface area contributed by atoms with E-state index in [9.17, 15) is 22.0 Å². The molecule has 0 spiro atoms. The fraction of sp³-hybridized carbons (Fsp3) is 0.250. The first-order valence-corrected chi connectivity index (χ1v) is 4.52. The molecule has 1 rings (SSSR count). The summed E-state index contributed by atoms with van der Waals surface area (Å²) in [6.07, 6.45) is -7.52. The molecule has 16 heavy (non-hydrogen) atoms. The average molecular weight is 301 g/mol. The molecule has 0 amide bonds. The molecule has 0 N–H and O–H groups in total. The van der Waals surface area contributed by atoms with Crippen LogP contribution in [0.4, 0.5) is 22.0 Å². The highest BCUT2D eigenvalue weighted by molar-refractivity contribution is 9.10. The third kappa shape index (κ3) is 2.29. The van der Waals surface area contributed by atoms with Crippen molar-refractivity contribution in [3.63, 3.8) is 0 Å². The minimum Gasteiger partial charge on any atom is -0.253 e. The van der Waals surface area contributed by atoms with E-state index in [0.717, 1.165) is 6.07 Å². The fourth-order valence-electron chi connectivity index (χ4n) is 1.06. The zero-order valence-electron chi connectivity index (χ0n) is 7.32. The summed E-state index contributed by atoms with van der Waals surface area (Å²) in [5, 5.41) is 8.49. The van der Waals surface area contributed by atoms with E-state index in [2.05, 4.69) is 20.9 Å². The average Bonchev–Trinajstić information content (AvgIpc) is 2.14. The van der Waals surface area contributed by atoms with Gasteiger partial charge in [0.05, 0.1) is 11.1 Å². The van der Waals surface area contributed by atoms with Crippen LogP contribution in [0.25, 0.3) is 0 Å². The highest BCUT2D eigenvalue weighted by Gasteiger charge is 2.38. The molecular formula is C8H2BrF5N2. The Balaban J connectivity index is 3.60. The fourth-order valence-corrected chi connectivity index (χ4v) is 1.58. The van der Waals surface area contributed by atoms with Crippen LogP contribution in [0.15, 0.2) is 10.7 Å². The first kappa shape index (κ1) is 12.8. The number of alkyl halides is 5.